The van der Waals surface area contributed by atoms with Crippen LogP contribution < -0.4 is 9.47 Å². The monoisotopic (exact) mass is 490 g/mol. The molecule has 0 saturated carbocycles. The van der Waals surface area contributed by atoms with Gasteiger partial charge in [-0.25, -0.2) is 0 Å². The molecular weight excluding hydrogens is 460 g/mol. The fourth-order valence-electron chi connectivity index (χ4n) is 4.13. The number of benzene rings is 3. The van der Waals surface area contributed by atoms with Gasteiger partial charge < -0.3 is 29.2 Å². The molecule has 1 aliphatic heterocycles. The number of carboxylic acid groups (broad SMARTS) is 1. The maximum Gasteiger partial charge on any atom is 0.303 e. The summed E-state index contributed by atoms with van der Waals surface area (Å²) in [6, 6.07) is 22.0. The van der Waals surface area contributed by atoms with Gasteiger partial charge >= 0.3 is 5.97 Å². The number of aromatic hydroxyl groups is 1. The average molecular weight is 491 g/mol. The summed E-state index contributed by atoms with van der Waals surface area (Å²) in [5, 5.41) is 19.4. The highest BCUT2D eigenvalue weighted by molar-refractivity contribution is 5.66. The molecule has 0 spiro atoms. The van der Waals surface area contributed by atoms with Crippen LogP contribution in [-0.4, -0.2) is 29.9 Å². The summed E-state index contributed by atoms with van der Waals surface area (Å²) < 4.78 is 24.0. The normalized spacial score (nSPS) is 19.8. The number of ether oxygens (including phenoxy) is 4. The van der Waals surface area contributed by atoms with E-state index in [0.29, 0.717) is 36.5 Å². The van der Waals surface area contributed by atoms with Gasteiger partial charge in [-0.1, -0.05) is 48.6 Å². The molecule has 1 aliphatic rings. The molecule has 188 valence electrons. The highest BCUT2D eigenvalue weighted by Crippen LogP contribution is 2.44. The number of phenols is 1. The molecule has 0 amide bonds. The molecule has 2 N–H and O–H groups in total. The van der Waals surface area contributed by atoms with Crippen LogP contribution >= 0.6 is 0 Å². The number of aliphatic carboxylic acids is 1. The number of allylic oxidation sites excluding steroid dienone is 2. The summed E-state index contributed by atoms with van der Waals surface area (Å²) in [6.07, 6.45) is 3.86. The van der Waals surface area contributed by atoms with Crippen molar-refractivity contribution >= 4 is 5.97 Å². The molecule has 0 bridgehead atoms. The Labute approximate surface area is 210 Å². The van der Waals surface area contributed by atoms with Gasteiger partial charge in [-0.3, -0.25) is 4.79 Å². The van der Waals surface area contributed by atoms with E-state index in [1.165, 1.54) is 0 Å². The Hall–Kier alpha value is -3.81. The maximum absolute atomic E-state index is 10.8. The molecule has 3 aromatic carbocycles. The minimum atomic E-state index is -0.825. The van der Waals surface area contributed by atoms with Crippen molar-refractivity contribution in [1.82, 2.24) is 0 Å². The number of carboxylic acids is 1. The lowest BCUT2D eigenvalue weighted by Gasteiger charge is -2.37. The summed E-state index contributed by atoms with van der Waals surface area (Å²) in [6.45, 7) is 0.393. The van der Waals surface area contributed by atoms with Gasteiger partial charge in [0.25, 0.3) is 0 Å². The van der Waals surface area contributed by atoms with Crippen molar-refractivity contribution in [3.05, 3.63) is 96.1 Å². The topological polar surface area (TPSA) is 94.5 Å². The summed E-state index contributed by atoms with van der Waals surface area (Å²) >= 11 is 0. The van der Waals surface area contributed by atoms with Gasteiger partial charge in [0.1, 0.15) is 23.0 Å². The second-order valence-corrected chi connectivity index (χ2v) is 8.50. The number of carbonyl (C=O) groups is 1. The number of para-hydroxylation sites is 2. The van der Waals surface area contributed by atoms with E-state index in [-0.39, 0.29) is 18.1 Å². The van der Waals surface area contributed by atoms with E-state index in [1.54, 1.807) is 19.2 Å². The zero-order valence-corrected chi connectivity index (χ0v) is 20.1. The van der Waals surface area contributed by atoms with Crippen molar-refractivity contribution in [3.63, 3.8) is 0 Å². The molecule has 7 heteroatoms. The quantitative estimate of drug-likeness (QED) is 0.317. The Bertz CT molecular complexity index is 1170. The Morgan fingerprint density at radius 1 is 0.972 bits per heavy atom. The van der Waals surface area contributed by atoms with Gasteiger partial charge in [0, 0.05) is 17.9 Å². The first-order valence-corrected chi connectivity index (χ1v) is 11.9. The molecule has 1 saturated heterocycles. The van der Waals surface area contributed by atoms with Gasteiger partial charge in [0.15, 0.2) is 6.29 Å². The smallest absolute Gasteiger partial charge is 0.303 e. The standard InChI is InChI=1S/C29H30O7/c1-33-21-15-17-22(18-16-21)35-26-13-8-6-11-24(26)29-34-19-20(9-3-2-4-14-27(31)32)28(36-29)23-10-5-7-12-25(23)30/h2-3,5-8,10-13,15-18,20,28-30H,4,9,14,19H2,1H3,(H,31,32)/b3-2-/t20-,28+,29+/m0/s1. The van der Waals surface area contributed by atoms with Crippen molar-refractivity contribution in [2.75, 3.05) is 13.7 Å². The van der Waals surface area contributed by atoms with E-state index in [4.69, 9.17) is 24.1 Å². The summed E-state index contributed by atoms with van der Waals surface area (Å²) in [5.74, 6) is 1.27. The van der Waals surface area contributed by atoms with Crippen LogP contribution in [0.3, 0.4) is 0 Å². The van der Waals surface area contributed by atoms with Gasteiger partial charge in [0.05, 0.1) is 25.4 Å². The predicted octanol–water partition coefficient (Wildman–Crippen LogP) is 6.41. The van der Waals surface area contributed by atoms with Gasteiger partial charge in [-0.15, -0.1) is 0 Å². The summed E-state index contributed by atoms with van der Waals surface area (Å²) in [4.78, 5) is 10.8. The molecule has 7 nitrogen and oxygen atoms in total. The number of hydrogen-bond donors (Lipinski definition) is 2. The van der Waals surface area contributed by atoms with E-state index in [1.807, 2.05) is 72.8 Å². The first-order chi connectivity index (χ1) is 17.5. The van der Waals surface area contributed by atoms with Crippen molar-refractivity contribution in [2.24, 2.45) is 5.92 Å². The predicted molar refractivity (Wildman–Crippen MR) is 134 cm³/mol. The largest absolute Gasteiger partial charge is 0.508 e. The molecule has 0 radical (unpaired) electrons. The van der Waals surface area contributed by atoms with Crippen LogP contribution in [0.5, 0.6) is 23.0 Å². The Kier molecular flexibility index (Phi) is 8.60. The lowest BCUT2D eigenvalue weighted by molar-refractivity contribution is -0.244. The molecule has 0 aromatic heterocycles. The first kappa shape index (κ1) is 25.3. The van der Waals surface area contributed by atoms with Crippen molar-refractivity contribution in [3.8, 4) is 23.0 Å². The van der Waals surface area contributed by atoms with E-state index >= 15 is 0 Å². The van der Waals surface area contributed by atoms with E-state index < -0.39 is 18.4 Å². The number of phenolic OH excluding ortho intramolecular Hbond substituents is 1. The minimum Gasteiger partial charge on any atom is -0.508 e. The molecule has 1 heterocycles. The van der Waals surface area contributed by atoms with Crippen LogP contribution in [0.15, 0.2) is 84.9 Å². The summed E-state index contributed by atoms with van der Waals surface area (Å²) in [7, 11) is 1.61. The second-order valence-electron chi connectivity index (χ2n) is 8.50. The molecule has 3 atom stereocenters. The van der Waals surface area contributed by atoms with Crippen LogP contribution in [0.1, 0.15) is 42.8 Å². The molecular formula is C29H30O7. The van der Waals surface area contributed by atoms with Crippen LogP contribution in [0.4, 0.5) is 0 Å². The van der Waals surface area contributed by atoms with E-state index in [9.17, 15) is 9.90 Å². The van der Waals surface area contributed by atoms with Crippen molar-refractivity contribution in [2.45, 2.75) is 31.7 Å². The number of hydrogen-bond acceptors (Lipinski definition) is 6. The number of methoxy groups -OCH3 is 1. The first-order valence-electron chi connectivity index (χ1n) is 11.9. The van der Waals surface area contributed by atoms with Gasteiger partial charge in [-0.2, -0.15) is 0 Å². The SMILES string of the molecule is COc1ccc(Oc2ccccc2[C@@H]2OC[C@H](C/C=C\CCC(=O)O)[C@H](c3ccccc3O)O2)cc1. The minimum absolute atomic E-state index is 0.0645. The zero-order chi connectivity index (χ0) is 25.3. The fraction of sp³-hybridized carbons (Fsp3) is 0.276. The number of rotatable bonds is 10. The van der Waals surface area contributed by atoms with Gasteiger partial charge in [0.2, 0.25) is 0 Å². The Morgan fingerprint density at radius 3 is 2.39 bits per heavy atom. The molecule has 36 heavy (non-hydrogen) atoms. The van der Waals surface area contributed by atoms with E-state index in [2.05, 4.69) is 0 Å². The van der Waals surface area contributed by atoms with E-state index in [0.717, 1.165) is 11.3 Å². The molecule has 1 fully saturated rings. The molecule has 3 aromatic rings. The zero-order valence-electron chi connectivity index (χ0n) is 20.1. The van der Waals surface area contributed by atoms with Crippen LogP contribution in [0, 0.1) is 5.92 Å². The highest BCUT2D eigenvalue weighted by atomic mass is 16.7. The third-order valence-corrected chi connectivity index (χ3v) is 5.99. The molecule has 0 aliphatic carbocycles. The van der Waals surface area contributed by atoms with Gasteiger partial charge in [-0.05, 0) is 49.2 Å². The average Bonchev–Trinajstić information content (AvgIpc) is 2.89. The van der Waals surface area contributed by atoms with Crippen molar-refractivity contribution < 1.29 is 34.0 Å². The lowest BCUT2D eigenvalue weighted by atomic mass is 9.91. The third kappa shape index (κ3) is 6.44. The van der Waals surface area contributed by atoms with Crippen molar-refractivity contribution in [1.29, 1.82) is 0 Å². The maximum atomic E-state index is 10.8. The Morgan fingerprint density at radius 2 is 1.67 bits per heavy atom. The van der Waals surface area contributed by atoms with Crippen LogP contribution in [0.25, 0.3) is 0 Å². The van der Waals surface area contributed by atoms with Crippen LogP contribution in [0.2, 0.25) is 0 Å². The summed E-state index contributed by atoms with van der Waals surface area (Å²) in [5.41, 5.74) is 1.42. The fourth-order valence-corrected chi connectivity index (χ4v) is 4.13. The third-order valence-electron chi connectivity index (χ3n) is 5.99. The molecule has 4 rings (SSSR count). The second kappa shape index (κ2) is 12.2. The van der Waals surface area contributed by atoms with Crippen LogP contribution in [-0.2, 0) is 14.3 Å². The highest BCUT2D eigenvalue weighted by Gasteiger charge is 2.35. The Balaban J connectivity index is 1.54. The lowest BCUT2D eigenvalue weighted by Crippen LogP contribution is -2.30. The molecule has 0 unspecified atom stereocenters.